The van der Waals surface area contributed by atoms with Crippen LogP contribution in [0.15, 0.2) is 6.33 Å². The fourth-order valence-corrected chi connectivity index (χ4v) is 2.89. The van der Waals surface area contributed by atoms with Crippen molar-refractivity contribution in [3.05, 3.63) is 12.2 Å². The average Bonchev–Trinajstić information content (AvgIpc) is 2.81. The maximum absolute atomic E-state index is 11.8. The molecule has 2 N–H and O–H groups in total. The second kappa shape index (κ2) is 4.47. The van der Waals surface area contributed by atoms with Crippen LogP contribution in [0, 0.1) is 17.8 Å². The zero-order valence-electron chi connectivity index (χ0n) is 9.85. The van der Waals surface area contributed by atoms with Crippen LogP contribution in [0.5, 0.6) is 0 Å². The third-order valence-electron chi connectivity index (χ3n) is 3.97. The zero-order valence-corrected chi connectivity index (χ0v) is 9.85. The Bertz CT molecular complexity index is 379. The number of amides is 1. The first kappa shape index (κ1) is 10.7. The normalized spacial score (nSPS) is 30.0. The van der Waals surface area contributed by atoms with Crippen molar-refractivity contribution in [1.29, 1.82) is 0 Å². The van der Waals surface area contributed by atoms with Gasteiger partial charge in [0, 0.05) is 18.9 Å². The maximum atomic E-state index is 11.8. The van der Waals surface area contributed by atoms with Gasteiger partial charge in [0.1, 0.15) is 12.2 Å². The Morgan fingerprint density at radius 3 is 2.94 bits per heavy atom. The summed E-state index contributed by atoms with van der Waals surface area (Å²) in [7, 11) is 0. The molecule has 2 saturated carbocycles. The van der Waals surface area contributed by atoms with Crippen molar-refractivity contribution in [3.63, 3.8) is 0 Å². The van der Waals surface area contributed by atoms with E-state index >= 15 is 0 Å². The maximum Gasteiger partial charge on any atom is 0.223 e. The highest BCUT2D eigenvalue weighted by Gasteiger charge is 2.47. The van der Waals surface area contributed by atoms with E-state index in [1.807, 2.05) is 0 Å². The smallest absolute Gasteiger partial charge is 0.223 e. The minimum atomic E-state index is 0.259. The molecule has 1 aromatic heterocycles. The quantitative estimate of drug-likeness (QED) is 0.744. The van der Waals surface area contributed by atoms with Crippen LogP contribution >= 0.6 is 0 Å². The first-order chi connectivity index (χ1) is 8.33. The molecule has 1 aromatic rings. The molecule has 17 heavy (non-hydrogen) atoms. The Hall–Kier alpha value is -1.39. The van der Waals surface area contributed by atoms with Crippen LogP contribution in [-0.2, 0) is 11.2 Å². The second-order valence-electron chi connectivity index (χ2n) is 5.25. The summed E-state index contributed by atoms with van der Waals surface area (Å²) in [5.41, 5.74) is 0. The van der Waals surface area contributed by atoms with E-state index in [9.17, 15) is 4.79 Å². The van der Waals surface area contributed by atoms with Gasteiger partial charge in [0.15, 0.2) is 0 Å². The molecular weight excluding hydrogens is 216 g/mol. The molecule has 1 heterocycles. The zero-order chi connectivity index (χ0) is 11.7. The average molecular weight is 234 g/mol. The standard InChI is InChI=1S/C12H18N4O/c17-12(10-5-8-4-9(8)6-10)13-3-1-2-11-14-7-15-16-11/h7-10H,1-6H2,(H,13,17)(H,14,15,16). The summed E-state index contributed by atoms with van der Waals surface area (Å²) in [5.74, 6) is 3.19. The van der Waals surface area contributed by atoms with Gasteiger partial charge in [-0.25, -0.2) is 4.98 Å². The van der Waals surface area contributed by atoms with E-state index in [0.29, 0.717) is 5.92 Å². The van der Waals surface area contributed by atoms with Crippen LogP contribution in [0.3, 0.4) is 0 Å². The first-order valence-corrected chi connectivity index (χ1v) is 6.45. The van der Waals surface area contributed by atoms with Crippen molar-refractivity contribution >= 4 is 5.91 Å². The third-order valence-corrected chi connectivity index (χ3v) is 3.97. The molecule has 5 nitrogen and oxygen atoms in total. The van der Waals surface area contributed by atoms with E-state index in [0.717, 1.165) is 49.9 Å². The Morgan fingerprint density at radius 2 is 2.24 bits per heavy atom. The summed E-state index contributed by atoms with van der Waals surface area (Å²) in [6, 6.07) is 0. The number of hydrogen-bond acceptors (Lipinski definition) is 3. The molecule has 92 valence electrons. The predicted octanol–water partition coefficient (Wildman–Crippen LogP) is 0.900. The molecule has 2 atom stereocenters. The highest BCUT2D eigenvalue weighted by molar-refractivity contribution is 5.79. The highest BCUT2D eigenvalue weighted by Crippen LogP contribution is 2.54. The fraction of sp³-hybridized carbons (Fsp3) is 0.750. The van der Waals surface area contributed by atoms with Gasteiger partial charge >= 0.3 is 0 Å². The van der Waals surface area contributed by atoms with E-state index in [-0.39, 0.29) is 5.91 Å². The van der Waals surface area contributed by atoms with Crippen LogP contribution in [0.25, 0.3) is 0 Å². The molecule has 0 bridgehead atoms. The number of fused-ring (bicyclic) bond motifs is 1. The van der Waals surface area contributed by atoms with Gasteiger partial charge in [0.25, 0.3) is 0 Å². The van der Waals surface area contributed by atoms with E-state index in [2.05, 4.69) is 20.5 Å². The number of carbonyl (C=O) groups excluding carboxylic acids is 1. The van der Waals surface area contributed by atoms with Gasteiger partial charge in [-0.3, -0.25) is 9.89 Å². The van der Waals surface area contributed by atoms with E-state index in [1.54, 1.807) is 0 Å². The van der Waals surface area contributed by atoms with E-state index in [1.165, 1.54) is 12.7 Å². The monoisotopic (exact) mass is 234 g/mol. The lowest BCUT2D eigenvalue weighted by atomic mass is 10.0. The third kappa shape index (κ3) is 2.48. The molecule has 2 aliphatic carbocycles. The topological polar surface area (TPSA) is 70.7 Å². The minimum Gasteiger partial charge on any atom is -0.356 e. The molecule has 3 rings (SSSR count). The number of nitrogens with one attached hydrogen (secondary N) is 2. The van der Waals surface area contributed by atoms with Gasteiger partial charge in [-0.2, -0.15) is 5.10 Å². The SMILES string of the molecule is O=C(NCCCc1ncn[nH]1)C1CC2CC2C1. The lowest BCUT2D eigenvalue weighted by Gasteiger charge is -2.11. The predicted molar refractivity (Wildman–Crippen MR) is 62.0 cm³/mol. The van der Waals surface area contributed by atoms with Crippen LogP contribution in [-0.4, -0.2) is 27.6 Å². The summed E-state index contributed by atoms with van der Waals surface area (Å²) in [4.78, 5) is 15.9. The lowest BCUT2D eigenvalue weighted by Crippen LogP contribution is -2.31. The number of aryl methyl sites for hydroxylation is 1. The minimum absolute atomic E-state index is 0.259. The van der Waals surface area contributed by atoms with Gasteiger partial charge < -0.3 is 5.32 Å². The summed E-state index contributed by atoms with van der Waals surface area (Å²) in [6.07, 6.45) is 6.89. The second-order valence-corrected chi connectivity index (χ2v) is 5.25. The van der Waals surface area contributed by atoms with Crippen molar-refractivity contribution in [2.24, 2.45) is 17.8 Å². The molecule has 2 unspecified atom stereocenters. The summed E-state index contributed by atoms with van der Waals surface area (Å²) >= 11 is 0. The van der Waals surface area contributed by atoms with Crippen molar-refractivity contribution in [2.45, 2.75) is 32.1 Å². The molecule has 5 heteroatoms. The van der Waals surface area contributed by atoms with Gasteiger partial charge in [-0.15, -0.1) is 0 Å². The van der Waals surface area contributed by atoms with Gasteiger partial charge in [-0.1, -0.05) is 0 Å². The Balaban J connectivity index is 1.32. The Kier molecular flexibility index (Phi) is 2.82. The van der Waals surface area contributed by atoms with E-state index < -0.39 is 0 Å². The first-order valence-electron chi connectivity index (χ1n) is 6.45. The largest absolute Gasteiger partial charge is 0.356 e. The van der Waals surface area contributed by atoms with Gasteiger partial charge in [-0.05, 0) is 37.5 Å². The Morgan fingerprint density at radius 1 is 1.41 bits per heavy atom. The van der Waals surface area contributed by atoms with Crippen LogP contribution in [0.4, 0.5) is 0 Å². The molecule has 0 aliphatic heterocycles. The summed E-state index contributed by atoms with van der Waals surface area (Å²) in [6.45, 7) is 0.741. The molecule has 2 fully saturated rings. The molecule has 0 radical (unpaired) electrons. The molecular formula is C12H18N4O. The number of aromatic amines is 1. The summed E-state index contributed by atoms with van der Waals surface area (Å²) in [5, 5.41) is 9.63. The number of carbonyl (C=O) groups is 1. The molecule has 2 aliphatic rings. The van der Waals surface area contributed by atoms with Crippen LogP contribution < -0.4 is 5.32 Å². The van der Waals surface area contributed by atoms with Gasteiger partial charge in [0.2, 0.25) is 5.91 Å². The van der Waals surface area contributed by atoms with Crippen molar-refractivity contribution < 1.29 is 4.79 Å². The molecule has 0 spiro atoms. The number of H-pyrrole nitrogens is 1. The lowest BCUT2D eigenvalue weighted by molar-refractivity contribution is -0.125. The van der Waals surface area contributed by atoms with Crippen molar-refractivity contribution in [1.82, 2.24) is 20.5 Å². The van der Waals surface area contributed by atoms with Crippen molar-refractivity contribution in [2.75, 3.05) is 6.54 Å². The van der Waals surface area contributed by atoms with Crippen molar-refractivity contribution in [3.8, 4) is 0 Å². The molecule has 0 aromatic carbocycles. The van der Waals surface area contributed by atoms with Crippen LogP contribution in [0.1, 0.15) is 31.5 Å². The van der Waals surface area contributed by atoms with Crippen LogP contribution in [0.2, 0.25) is 0 Å². The number of aromatic nitrogens is 3. The molecule has 0 saturated heterocycles. The van der Waals surface area contributed by atoms with E-state index in [4.69, 9.17) is 0 Å². The highest BCUT2D eigenvalue weighted by atomic mass is 16.1. The Labute approximate surface area is 100 Å². The number of hydrogen-bond donors (Lipinski definition) is 2. The summed E-state index contributed by atoms with van der Waals surface area (Å²) < 4.78 is 0. The number of rotatable bonds is 5. The number of nitrogens with zero attached hydrogens (tertiary/aromatic N) is 2. The van der Waals surface area contributed by atoms with Gasteiger partial charge in [0.05, 0.1) is 0 Å². The molecule has 1 amide bonds. The fourth-order valence-electron chi connectivity index (χ4n) is 2.89.